The topological polar surface area (TPSA) is 16.4 Å². The first-order valence-electron chi connectivity index (χ1n) is 21.6. The van der Waals surface area contributed by atoms with Crippen LogP contribution in [0.5, 0.6) is 0 Å². The van der Waals surface area contributed by atoms with Crippen LogP contribution in [-0.4, -0.2) is 0 Å². The van der Waals surface area contributed by atoms with Crippen LogP contribution in [0.3, 0.4) is 0 Å². The quantitative estimate of drug-likeness (QED) is 0.160. The van der Waals surface area contributed by atoms with Crippen LogP contribution >= 0.6 is 0 Å². The predicted molar refractivity (Wildman–Crippen MR) is 259 cm³/mol. The van der Waals surface area contributed by atoms with Gasteiger partial charge in [0.25, 0.3) is 0 Å². The van der Waals surface area contributed by atoms with E-state index in [0.717, 1.165) is 50.1 Å². The summed E-state index contributed by atoms with van der Waals surface area (Å²) in [5.74, 6) is 0. The van der Waals surface area contributed by atoms with Crippen molar-refractivity contribution in [2.24, 2.45) is 0 Å². The van der Waals surface area contributed by atoms with Crippen LogP contribution in [0.25, 0.3) is 77.6 Å². The molecule has 1 atom stereocenters. The average molecular weight is 1040 g/mol. The molecule has 0 fully saturated rings. The Hall–Kier alpha value is -7.15. The third kappa shape index (κ3) is 5.78. The first-order chi connectivity index (χ1) is 31.2. The molecule has 2 aliphatic rings. The molecule has 0 N–H and O–H groups in total. The normalized spacial score (nSPS) is 14.2. The minimum absolute atomic E-state index is 0. The van der Waals surface area contributed by atoms with Crippen LogP contribution in [0.15, 0.2) is 229 Å². The van der Waals surface area contributed by atoms with E-state index in [-0.39, 0.29) is 31.1 Å². The minimum atomic E-state index is -0.692. The van der Waals surface area contributed by atoms with Gasteiger partial charge in [-0.1, -0.05) is 140 Å². The number of rotatable bonds is 5. The van der Waals surface area contributed by atoms with Crippen molar-refractivity contribution in [3.63, 3.8) is 0 Å². The average Bonchev–Trinajstić information content (AvgIpc) is 3.83. The number of nitrogens with zero attached hydrogens (tertiary/aromatic N) is 1. The number of furan rings is 1. The zero-order valence-corrected chi connectivity index (χ0v) is 38.9. The van der Waals surface area contributed by atoms with Crippen LogP contribution < -0.4 is 4.90 Å². The number of benzene rings is 10. The van der Waals surface area contributed by atoms with Gasteiger partial charge >= 0.3 is 31.1 Å². The van der Waals surface area contributed by atoms with Crippen molar-refractivity contribution in [1.29, 1.82) is 0 Å². The third-order valence-electron chi connectivity index (χ3n) is 13.3. The van der Waals surface area contributed by atoms with E-state index in [0.29, 0.717) is 0 Å². The molecule has 13 rings (SSSR count). The van der Waals surface area contributed by atoms with Gasteiger partial charge in [0.05, 0.1) is 5.41 Å². The minimum Gasteiger partial charge on any atom is -0.456 e. The van der Waals surface area contributed by atoms with Crippen molar-refractivity contribution in [1.82, 2.24) is 0 Å². The first-order valence-corrected chi connectivity index (χ1v) is 21.6. The van der Waals surface area contributed by atoms with Crippen LogP contribution in [0.1, 0.15) is 22.3 Å². The zero-order chi connectivity index (χ0) is 41.5. The third-order valence-corrected chi connectivity index (χ3v) is 13.3. The molecule has 0 saturated carbocycles. The maximum absolute atomic E-state index is 6.73. The molecular weight excluding hydrogens is 1000 g/mol. The molecule has 3 heteroatoms. The molecule has 10 aromatic carbocycles. The summed E-state index contributed by atoms with van der Waals surface area (Å²) >= 11 is 0. The fourth-order valence-electron chi connectivity index (χ4n) is 10.6. The molecule has 0 radical (unpaired) electrons. The molecular formula is C61H37NOU. The molecule has 0 saturated heterocycles. The molecule has 1 aromatic heterocycles. The summed E-state index contributed by atoms with van der Waals surface area (Å²) in [5, 5.41) is 2.26. The molecule has 1 heterocycles. The fourth-order valence-corrected chi connectivity index (χ4v) is 10.6. The molecule has 1 spiro atoms. The van der Waals surface area contributed by atoms with E-state index in [1.165, 1.54) is 66.8 Å². The molecule has 296 valence electrons. The van der Waals surface area contributed by atoms with E-state index in [1.54, 1.807) is 0 Å². The molecule has 2 aliphatic carbocycles. The van der Waals surface area contributed by atoms with E-state index in [4.69, 9.17) is 4.42 Å². The summed E-state index contributed by atoms with van der Waals surface area (Å²) < 4.78 is 6.73. The summed E-state index contributed by atoms with van der Waals surface area (Å²) in [7, 11) is 0. The summed E-state index contributed by atoms with van der Waals surface area (Å²) in [6, 6.07) is 88.4. The Kier molecular flexibility index (Phi) is 9.20. The maximum atomic E-state index is 6.73. The number of hydrogen-bond donors (Lipinski definition) is 0. The van der Waals surface area contributed by atoms with E-state index in [9.17, 15) is 0 Å². The van der Waals surface area contributed by atoms with Gasteiger partial charge in [0.15, 0.2) is 0 Å². The largest absolute Gasteiger partial charge is 2.00 e. The summed E-state index contributed by atoms with van der Waals surface area (Å²) in [6.45, 7) is 0. The maximum Gasteiger partial charge on any atom is 2.00 e. The van der Waals surface area contributed by atoms with Crippen molar-refractivity contribution < 1.29 is 35.5 Å². The molecule has 0 aliphatic heterocycles. The van der Waals surface area contributed by atoms with Gasteiger partial charge in [-0.25, -0.2) is 11.1 Å². The van der Waals surface area contributed by atoms with Crippen molar-refractivity contribution in [3.05, 3.63) is 259 Å². The monoisotopic (exact) mass is 1040 g/mol. The van der Waals surface area contributed by atoms with Gasteiger partial charge < -0.3 is 9.32 Å². The Morgan fingerprint density at radius 3 is 1.66 bits per heavy atom. The smallest absolute Gasteiger partial charge is 0.456 e. The molecule has 0 bridgehead atoms. The van der Waals surface area contributed by atoms with Gasteiger partial charge in [-0.05, 0) is 115 Å². The number of anilines is 3. The Balaban J connectivity index is 0.00000433. The van der Waals surface area contributed by atoms with Gasteiger partial charge in [0.2, 0.25) is 0 Å². The molecule has 2 nitrogen and oxygen atoms in total. The standard InChI is InChI=1S/C61H37NO.U/c1-3-15-40(16-4-1)42-27-31-44(32-28-42)62(45-33-29-43(30-34-45)41-17-5-2-6-18-41)46-35-36-51-48-20-8-7-19-47(48)49-21-9-12-24-55(49)61(57(51)37-46)56-25-13-10-22-50(56)53-38-54-52-23-11-14-26-59(52)63-60(54)39-58(53)61;/h1-17,19-29,31-39H;/q-2;+2. The van der Waals surface area contributed by atoms with Crippen LogP contribution in [0.4, 0.5) is 17.1 Å². The van der Waals surface area contributed by atoms with Crippen LogP contribution in [-0.2, 0) is 5.41 Å². The number of para-hydroxylation sites is 1. The van der Waals surface area contributed by atoms with Crippen molar-refractivity contribution in [2.75, 3.05) is 4.90 Å². The molecule has 64 heavy (non-hydrogen) atoms. The summed E-state index contributed by atoms with van der Waals surface area (Å²) in [4.78, 5) is 2.38. The van der Waals surface area contributed by atoms with E-state index < -0.39 is 5.41 Å². The number of hydrogen-bond acceptors (Lipinski definition) is 2. The van der Waals surface area contributed by atoms with Gasteiger partial charge in [-0.2, -0.15) is 36.4 Å². The van der Waals surface area contributed by atoms with Crippen molar-refractivity contribution in [3.8, 4) is 55.6 Å². The van der Waals surface area contributed by atoms with Crippen LogP contribution in [0.2, 0.25) is 0 Å². The predicted octanol–water partition coefficient (Wildman–Crippen LogP) is 16.0. The Morgan fingerprint density at radius 2 is 0.938 bits per heavy atom. The Bertz CT molecular complexity index is 3470. The second kappa shape index (κ2) is 15.3. The van der Waals surface area contributed by atoms with Crippen molar-refractivity contribution in [2.45, 2.75) is 5.41 Å². The second-order valence-electron chi connectivity index (χ2n) is 16.6. The van der Waals surface area contributed by atoms with Gasteiger partial charge in [0, 0.05) is 22.1 Å². The molecule has 11 aromatic rings. The molecule has 0 amide bonds. The Labute approximate surface area is 396 Å². The van der Waals surface area contributed by atoms with Gasteiger partial charge in [-0.3, -0.25) is 0 Å². The Morgan fingerprint density at radius 1 is 0.359 bits per heavy atom. The molecule has 1 unspecified atom stereocenters. The SMILES string of the molecule is [U+2].[c-]1ccccc1-c1[c-]cc(N(c2ccc(-c3ccccc3)cc2)c2ccc3c(c2)C2(c4ccccc4-c4ccccc4-3)c3ccccc3-c3cc4c(cc32)oc2ccccc24)cc1. The van der Waals surface area contributed by atoms with E-state index in [1.807, 2.05) is 12.1 Å². The zero-order valence-electron chi connectivity index (χ0n) is 34.7. The van der Waals surface area contributed by atoms with Gasteiger partial charge in [-0.15, -0.1) is 18.2 Å². The van der Waals surface area contributed by atoms with Gasteiger partial charge in [0.1, 0.15) is 11.2 Å². The number of fused-ring (bicyclic) bond motifs is 15. The fraction of sp³-hybridized carbons (Fsp3) is 0.0164. The van der Waals surface area contributed by atoms with Crippen LogP contribution in [0, 0.1) is 43.2 Å². The second-order valence-corrected chi connectivity index (χ2v) is 16.6. The van der Waals surface area contributed by atoms with E-state index in [2.05, 4.69) is 229 Å². The summed E-state index contributed by atoms with van der Waals surface area (Å²) in [5.41, 5.74) is 21.0. The van der Waals surface area contributed by atoms with E-state index >= 15 is 0 Å². The summed E-state index contributed by atoms with van der Waals surface area (Å²) in [6.07, 6.45) is 0. The first kappa shape index (κ1) is 38.5. The van der Waals surface area contributed by atoms with Crippen molar-refractivity contribution >= 4 is 39.0 Å².